The highest BCUT2D eigenvalue weighted by molar-refractivity contribution is 6.30. The normalized spacial score (nSPS) is 21.0. The average Bonchev–Trinajstić information content (AvgIpc) is 2.74. The van der Waals surface area contributed by atoms with Crippen LogP contribution in [0.5, 0.6) is 5.75 Å². The van der Waals surface area contributed by atoms with E-state index in [0.717, 1.165) is 57.1 Å². The maximum absolute atomic E-state index is 12.8. The van der Waals surface area contributed by atoms with Crippen LogP contribution in [0.3, 0.4) is 0 Å². The minimum atomic E-state index is -0.0535. The summed E-state index contributed by atoms with van der Waals surface area (Å²) >= 11 is 6.13. The van der Waals surface area contributed by atoms with Gasteiger partial charge in [0.25, 0.3) is 5.91 Å². The number of hydrogen-bond acceptors (Lipinski definition) is 5. The summed E-state index contributed by atoms with van der Waals surface area (Å²) in [5, 5.41) is 10.1. The predicted molar refractivity (Wildman–Crippen MR) is 110 cm³/mol. The van der Waals surface area contributed by atoms with Crippen molar-refractivity contribution in [3.8, 4) is 5.75 Å². The van der Waals surface area contributed by atoms with Gasteiger partial charge in [-0.15, -0.1) is 0 Å². The number of nitrogens with zero attached hydrogens (tertiary/aromatic N) is 4. The first-order chi connectivity index (χ1) is 13.6. The number of piperidine rings is 1. The topological polar surface area (TPSA) is 59.9 Å². The highest BCUT2D eigenvalue weighted by Crippen LogP contribution is 2.24. The van der Waals surface area contributed by atoms with E-state index in [-0.39, 0.29) is 11.7 Å². The van der Waals surface area contributed by atoms with Crippen LogP contribution >= 0.6 is 11.6 Å². The Hall–Kier alpha value is -2.31. The molecule has 1 aromatic carbocycles. The second-order valence-corrected chi connectivity index (χ2v) is 7.89. The zero-order valence-corrected chi connectivity index (χ0v) is 16.6. The van der Waals surface area contributed by atoms with Crippen LogP contribution in [0.4, 0.5) is 5.69 Å². The molecule has 2 aliphatic heterocycles. The van der Waals surface area contributed by atoms with Crippen LogP contribution in [-0.4, -0.2) is 71.1 Å². The molecule has 1 aromatic heterocycles. The van der Waals surface area contributed by atoms with E-state index in [1.54, 1.807) is 6.07 Å². The molecule has 2 saturated heterocycles. The number of aromatic nitrogens is 1. The summed E-state index contributed by atoms with van der Waals surface area (Å²) in [6.45, 7) is 5.39. The van der Waals surface area contributed by atoms with Crippen LogP contribution in [-0.2, 0) is 0 Å². The van der Waals surface area contributed by atoms with Crippen molar-refractivity contribution in [1.29, 1.82) is 0 Å². The van der Waals surface area contributed by atoms with Crippen molar-refractivity contribution in [2.24, 2.45) is 0 Å². The molecule has 6 nitrogen and oxygen atoms in total. The number of aromatic hydroxyl groups is 1. The van der Waals surface area contributed by atoms with E-state index in [2.05, 4.69) is 20.9 Å². The Morgan fingerprint density at radius 3 is 2.64 bits per heavy atom. The van der Waals surface area contributed by atoms with E-state index in [1.165, 1.54) is 18.0 Å². The molecule has 4 rings (SSSR count). The van der Waals surface area contributed by atoms with Crippen molar-refractivity contribution in [1.82, 2.24) is 14.8 Å². The van der Waals surface area contributed by atoms with E-state index in [9.17, 15) is 9.90 Å². The maximum Gasteiger partial charge on any atom is 0.272 e. The lowest BCUT2D eigenvalue weighted by atomic mass is 10.0. The standard InChI is InChI=1S/C21H25ClN4O2/c22-16-3-1-4-17(13-16)24-9-11-25(12-10-24)18-5-2-8-26(15-18)21(28)20-7-6-19(27)14-23-20/h1,3-4,6-7,13-14,18,27H,2,5,8-12,15H2/t18-/m1/s1. The van der Waals surface area contributed by atoms with E-state index < -0.39 is 0 Å². The number of carbonyl (C=O) groups excluding carboxylic acids is 1. The van der Waals surface area contributed by atoms with Crippen LogP contribution < -0.4 is 4.90 Å². The summed E-state index contributed by atoms with van der Waals surface area (Å²) in [5.41, 5.74) is 1.57. The second-order valence-electron chi connectivity index (χ2n) is 7.45. The summed E-state index contributed by atoms with van der Waals surface area (Å²) in [6.07, 6.45) is 3.44. The molecule has 0 radical (unpaired) electrons. The van der Waals surface area contributed by atoms with Gasteiger partial charge in [0.1, 0.15) is 11.4 Å². The first kappa shape index (κ1) is 19.0. The van der Waals surface area contributed by atoms with E-state index >= 15 is 0 Å². The number of halogens is 1. The van der Waals surface area contributed by atoms with Crippen molar-refractivity contribution < 1.29 is 9.90 Å². The number of pyridine rings is 1. The Labute approximate surface area is 170 Å². The summed E-state index contributed by atoms with van der Waals surface area (Å²) < 4.78 is 0. The number of benzene rings is 1. The molecule has 3 heterocycles. The van der Waals surface area contributed by atoms with Gasteiger partial charge < -0.3 is 14.9 Å². The van der Waals surface area contributed by atoms with Gasteiger partial charge in [0.2, 0.25) is 0 Å². The number of likely N-dealkylation sites (tertiary alicyclic amines) is 1. The summed E-state index contributed by atoms with van der Waals surface area (Å²) in [5.74, 6) is 0.0212. The molecule has 2 fully saturated rings. The largest absolute Gasteiger partial charge is 0.506 e. The number of anilines is 1. The van der Waals surface area contributed by atoms with E-state index in [1.807, 2.05) is 23.1 Å². The Morgan fingerprint density at radius 2 is 1.93 bits per heavy atom. The van der Waals surface area contributed by atoms with Gasteiger partial charge >= 0.3 is 0 Å². The Bertz CT molecular complexity index is 821. The highest BCUT2D eigenvalue weighted by atomic mass is 35.5. The minimum Gasteiger partial charge on any atom is -0.506 e. The predicted octanol–water partition coefficient (Wildman–Crippen LogP) is 2.87. The Kier molecular flexibility index (Phi) is 5.69. The van der Waals surface area contributed by atoms with Crippen LogP contribution in [0, 0.1) is 0 Å². The van der Waals surface area contributed by atoms with Gasteiger partial charge in [-0.3, -0.25) is 9.69 Å². The number of rotatable bonds is 3. The van der Waals surface area contributed by atoms with Crippen molar-refractivity contribution in [3.05, 3.63) is 53.3 Å². The number of carbonyl (C=O) groups is 1. The molecule has 28 heavy (non-hydrogen) atoms. The summed E-state index contributed by atoms with van der Waals surface area (Å²) in [7, 11) is 0. The molecule has 7 heteroatoms. The van der Waals surface area contributed by atoms with Crippen molar-refractivity contribution in [3.63, 3.8) is 0 Å². The fourth-order valence-corrected chi connectivity index (χ4v) is 4.31. The van der Waals surface area contributed by atoms with Crippen LogP contribution in [0.2, 0.25) is 5.02 Å². The molecule has 2 aromatic rings. The Balaban J connectivity index is 1.35. The SMILES string of the molecule is O=C(c1ccc(O)cn1)N1CCC[C@@H](N2CCN(c3cccc(Cl)c3)CC2)C1. The lowest BCUT2D eigenvalue weighted by Crippen LogP contribution is -2.56. The van der Waals surface area contributed by atoms with Crippen LogP contribution in [0.1, 0.15) is 23.3 Å². The number of hydrogen-bond donors (Lipinski definition) is 1. The first-order valence-electron chi connectivity index (χ1n) is 9.79. The molecule has 0 bridgehead atoms. The van der Waals surface area contributed by atoms with Gasteiger partial charge in [-0.25, -0.2) is 4.98 Å². The average molecular weight is 401 g/mol. The lowest BCUT2D eigenvalue weighted by Gasteiger charge is -2.43. The van der Waals surface area contributed by atoms with Gasteiger partial charge in [-0.1, -0.05) is 17.7 Å². The maximum atomic E-state index is 12.8. The zero-order valence-electron chi connectivity index (χ0n) is 15.8. The molecule has 1 N–H and O–H groups in total. The summed E-state index contributed by atoms with van der Waals surface area (Å²) in [6, 6.07) is 11.5. The molecule has 0 spiro atoms. The lowest BCUT2D eigenvalue weighted by molar-refractivity contribution is 0.0558. The van der Waals surface area contributed by atoms with Crippen LogP contribution in [0.15, 0.2) is 42.6 Å². The molecule has 148 valence electrons. The smallest absolute Gasteiger partial charge is 0.272 e. The first-order valence-corrected chi connectivity index (χ1v) is 10.2. The van der Waals surface area contributed by atoms with Gasteiger partial charge in [0, 0.05) is 56.0 Å². The fourth-order valence-electron chi connectivity index (χ4n) is 4.13. The number of piperazine rings is 1. The minimum absolute atomic E-state index is 0.0535. The van der Waals surface area contributed by atoms with E-state index in [4.69, 9.17) is 11.6 Å². The molecule has 1 atom stereocenters. The number of amides is 1. The monoisotopic (exact) mass is 400 g/mol. The van der Waals surface area contributed by atoms with Crippen molar-refractivity contribution in [2.75, 3.05) is 44.2 Å². The zero-order chi connectivity index (χ0) is 19.5. The van der Waals surface area contributed by atoms with Gasteiger partial charge in [-0.2, -0.15) is 0 Å². The Morgan fingerprint density at radius 1 is 1.11 bits per heavy atom. The van der Waals surface area contributed by atoms with Crippen molar-refractivity contribution in [2.45, 2.75) is 18.9 Å². The second kappa shape index (κ2) is 8.37. The van der Waals surface area contributed by atoms with Crippen molar-refractivity contribution >= 4 is 23.2 Å². The molecule has 1 amide bonds. The fraction of sp³-hybridized carbons (Fsp3) is 0.429. The highest BCUT2D eigenvalue weighted by Gasteiger charge is 2.30. The third kappa shape index (κ3) is 4.23. The molecular formula is C21H25ClN4O2. The molecular weight excluding hydrogens is 376 g/mol. The van der Waals surface area contributed by atoms with Crippen LogP contribution in [0.25, 0.3) is 0 Å². The third-order valence-corrected chi connectivity index (χ3v) is 5.89. The van der Waals surface area contributed by atoms with Gasteiger partial charge in [0.05, 0.1) is 6.20 Å². The van der Waals surface area contributed by atoms with Gasteiger partial charge in [-0.05, 0) is 43.2 Å². The molecule has 0 aliphatic carbocycles. The molecule has 0 saturated carbocycles. The quantitative estimate of drug-likeness (QED) is 0.858. The van der Waals surface area contributed by atoms with E-state index in [0.29, 0.717) is 11.7 Å². The van der Waals surface area contributed by atoms with Gasteiger partial charge in [0.15, 0.2) is 0 Å². The molecule has 2 aliphatic rings. The summed E-state index contributed by atoms with van der Waals surface area (Å²) in [4.78, 5) is 23.6. The molecule has 0 unspecified atom stereocenters. The third-order valence-electron chi connectivity index (χ3n) is 5.65.